The van der Waals surface area contributed by atoms with Gasteiger partial charge in [0, 0.05) is 5.69 Å². The molecule has 140 valence electrons. The first-order valence-electron chi connectivity index (χ1n) is 8.42. The third kappa shape index (κ3) is 4.81. The number of aryl methyl sites for hydroxylation is 3. The normalized spacial score (nSPS) is 10.2. The maximum Gasteiger partial charge on any atom is 0.319 e. The molecule has 0 aliphatic rings. The Morgan fingerprint density at radius 2 is 1.65 bits per heavy atom. The van der Waals surface area contributed by atoms with E-state index < -0.39 is 0 Å². The first-order valence-corrected chi connectivity index (χ1v) is 8.42. The van der Waals surface area contributed by atoms with Crippen molar-refractivity contribution >= 4 is 11.7 Å². The Morgan fingerprint density at radius 1 is 1.00 bits per heavy atom. The molecule has 0 radical (unpaired) electrons. The summed E-state index contributed by atoms with van der Waals surface area (Å²) in [6.07, 6.45) is 0. The molecule has 6 nitrogen and oxygen atoms in total. The largest absolute Gasteiger partial charge is 0.493 e. The number of urea groups is 1. The summed E-state index contributed by atoms with van der Waals surface area (Å²) in [5.74, 6) is 1.70. The van der Waals surface area contributed by atoms with Crippen molar-refractivity contribution in [1.29, 1.82) is 0 Å². The Hall–Kier alpha value is -2.89. The van der Waals surface area contributed by atoms with E-state index in [2.05, 4.69) is 10.6 Å². The van der Waals surface area contributed by atoms with E-state index in [-0.39, 0.29) is 6.03 Å². The highest BCUT2D eigenvalue weighted by molar-refractivity contribution is 5.91. The highest BCUT2D eigenvalue weighted by atomic mass is 16.5. The summed E-state index contributed by atoms with van der Waals surface area (Å²) >= 11 is 0. The van der Waals surface area contributed by atoms with E-state index in [1.807, 2.05) is 39.0 Å². The topological polar surface area (TPSA) is 68.8 Å². The van der Waals surface area contributed by atoms with Crippen molar-refractivity contribution in [3.63, 3.8) is 0 Å². The van der Waals surface area contributed by atoms with Gasteiger partial charge in [0.1, 0.15) is 6.61 Å². The number of para-hydroxylation sites is 1. The van der Waals surface area contributed by atoms with E-state index in [0.29, 0.717) is 30.4 Å². The van der Waals surface area contributed by atoms with Crippen molar-refractivity contribution in [1.82, 2.24) is 5.32 Å². The first-order chi connectivity index (χ1) is 12.5. The highest BCUT2D eigenvalue weighted by Crippen LogP contribution is 2.36. The van der Waals surface area contributed by atoms with E-state index in [4.69, 9.17) is 14.2 Å². The molecule has 2 rings (SSSR count). The fourth-order valence-corrected chi connectivity index (χ4v) is 2.83. The standard InChI is InChI=1S/C20H26N2O4/c1-13-11-14(2)18(15(3)12-13)22-20(23)21-9-10-26-17-8-6-7-16(24-4)19(17)25-5/h6-8,11-12H,9-10H2,1-5H3,(H2,21,22,23). The average Bonchev–Trinajstić information content (AvgIpc) is 2.61. The van der Waals surface area contributed by atoms with Gasteiger partial charge < -0.3 is 24.8 Å². The molecule has 0 aromatic heterocycles. The molecular formula is C20H26N2O4. The van der Waals surface area contributed by atoms with Crippen LogP contribution >= 0.6 is 0 Å². The molecule has 0 atom stereocenters. The predicted octanol–water partition coefficient (Wildman–Crippen LogP) is 3.83. The van der Waals surface area contributed by atoms with Gasteiger partial charge in [0.15, 0.2) is 11.5 Å². The SMILES string of the molecule is COc1cccc(OCCNC(=O)Nc2c(C)cc(C)cc2C)c1OC. The van der Waals surface area contributed by atoms with Gasteiger partial charge in [-0.2, -0.15) is 0 Å². The van der Waals surface area contributed by atoms with Crippen LogP contribution in [0.4, 0.5) is 10.5 Å². The molecule has 0 saturated heterocycles. The van der Waals surface area contributed by atoms with Crippen LogP contribution in [0.25, 0.3) is 0 Å². The van der Waals surface area contributed by atoms with Gasteiger partial charge in [-0.3, -0.25) is 0 Å². The van der Waals surface area contributed by atoms with E-state index in [9.17, 15) is 4.79 Å². The molecule has 0 unspecified atom stereocenters. The molecule has 2 aromatic carbocycles. The summed E-state index contributed by atoms with van der Waals surface area (Å²) in [6, 6.07) is 9.23. The molecule has 0 saturated carbocycles. The van der Waals surface area contributed by atoms with Gasteiger partial charge in [0.2, 0.25) is 5.75 Å². The number of nitrogens with one attached hydrogen (secondary N) is 2. The zero-order valence-electron chi connectivity index (χ0n) is 15.9. The summed E-state index contributed by atoms with van der Waals surface area (Å²) in [5, 5.41) is 5.68. The molecular weight excluding hydrogens is 332 g/mol. The lowest BCUT2D eigenvalue weighted by atomic mass is 10.1. The molecule has 0 aliphatic heterocycles. The molecule has 2 aromatic rings. The minimum absolute atomic E-state index is 0.263. The fraction of sp³-hybridized carbons (Fsp3) is 0.350. The second kappa shape index (κ2) is 8.99. The van der Waals surface area contributed by atoms with Crippen molar-refractivity contribution in [2.45, 2.75) is 20.8 Å². The second-order valence-corrected chi connectivity index (χ2v) is 5.99. The Balaban J connectivity index is 1.86. The summed E-state index contributed by atoms with van der Waals surface area (Å²) in [7, 11) is 3.13. The minimum Gasteiger partial charge on any atom is -0.493 e. The molecule has 0 bridgehead atoms. The van der Waals surface area contributed by atoms with Crippen LogP contribution in [0, 0.1) is 20.8 Å². The quantitative estimate of drug-likeness (QED) is 0.738. The van der Waals surface area contributed by atoms with Crippen molar-refractivity contribution in [2.24, 2.45) is 0 Å². The molecule has 6 heteroatoms. The molecule has 0 aliphatic carbocycles. The van der Waals surface area contributed by atoms with Crippen molar-refractivity contribution in [3.8, 4) is 17.2 Å². The third-order valence-corrected chi connectivity index (χ3v) is 3.93. The zero-order chi connectivity index (χ0) is 19.1. The number of ether oxygens (including phenoxy) is 3. The third-order valence-electron chi connectivity index (χ3n) is 3.93. The van der Waals surface area contributed by atoms with Crippen LogP contribution in [0.5, 0.6) is 17.2 Å². The number of hydrogen-bond donors (Lipinski definition) is 2. The zero-order valence-corrected chi connectivity index (χ0v) is 15.9. The predicted molar refractivity (Wildman–Crippen MR) is 103 cm³/mol. The number of methoxy groups -OCH3 is 2. The van der Waals surface area contributed by atoms with Crippen molar-refractivity contribution in [2.75, 3.05) is 32.7 Å². The van der Waals surface area contributed by atoms with Crippen LogP contribution in [0.2, 0.25) is 0 Å². The van der Waals surface area contributed by atoms with Crippen LogP contribution in [-0.4, -0.2) is 33.4 Å². The average molecular weight is 358 g/mol. The van der Waals surface area contributed by atoms with Crippen LogP contribution in [-0.2, 0) is 0 Å². The smallest absolute Gasteiger partial charge is 0.319 e. The molecule has 0 heterocycles. The van der Waals surface area contributed by atoms with Crippen LogP contribution in [0.3, 0.4) is 0 Å². The Morgan fingerprint density at radius 3 is 2.27 bits per heavy atom. The monoisotopic (exact) mass is 358 g/mol. The van der Waals surface area contributed by atoms with Gasteiger partial charge in [-0.05, 0) is 44.0 Å². The number of rotatable bonds is 7. The van der Waals surface area contributed by atoms with Gasteiger partial charge in [0.25, 0.3) is 0 Å². The van der Waals surface area contributed by atoms with Crippen LogP contribution < -0.4 is 24.8 Å². The Labute approximate surface area is 154 Å². The molecule has 2 amide bonds. The molecule has 0 fully saturated rings. The van der Waals surface area contributed by atoms with Gasteiger partial charge in [0.05, 0.1) is 20.8 Å². The number of benzene rings is 2. The Bertz CT molecular complexity index is 751. The summed E-state index contributed by atoms with van der Waals surface area (Å²) in [5.41, 5.74) is 4.08. The fourth-order valence-electron chi connectivity index (χ4n) is 2.83. The van der Waals surface area contributed by atoms with E-state index in [1.54, 1.807) is 26.4 Å². The number of carbonyl (C=O) groups is 1. The highest BCUT2D eigenvalue weighted by Gasteiger charge is 2.11. The lowest BCUT2D eigenvalue weighted by Crippen LogP contribution is -2.32. The number of hydrogen-bond acceptors (Lipinski definition) is 4. The maximum atomic E-state index is 12.1. The van der Waals surface area contributed by atoms with Gasteiger partial charge in [-0.1, -0.05) is 23.8 Å². The van der Waals surface area contributed by atoms with E-state index in [1.165, 1.54) is 5.56 Å². The number of amides is 2. The van der Waals surface area contributed by atoms with Gasteiger partial charge in [-0.25, -0.2) is 4.79 Å². The summed E-state index contributed by atoms with van der Waals surface area (Å²) in [4.78, 5) is 12.1. The van der Waals surface area contributed by atoms with Gasteiger partial charge in [-0.15, -0.1) is 0 Å². The lowest BCUT2D eigenvalue weighted by Gasteiger charge is -2.15. The lowest BCUT2D eigenvalue weighted by molar-refractivity contribution is 0.245. The first kappa shape index (κ1) is 19.4. The number of carbonyl (C=O) groups excluding carboxylic acids is 1. The molecule has 0 spiro atoms. The summed E-state index contributed by atoms with van der Waals surface area (Å²) in [6.45, 7) is 6.66. The van der Waals surface area contributed by atoms with Crippen LogP contribution in [0.15, 0.2) is 30.3 Å². The van der Waals surface area contributed by atoms with Gasteiger partial charge >= 0.3 is 6.03 Å². The van der Waals surface area contributed by atoms with Crippen molar-refractivity contribution < 1.29 is 19.0 Å². The van der Waals surface area contributed by atoms with E-state index >= 15 is 0 Å². The molecule has 2 N–H and O–H groups in total. The minimum atomic E-state index is -0.263. The van der Waals surface area contributed by atoms with E-state index in [0.717, 1.165) is 16.8 Å². The summed E-state index contributed by atoms with van der Waals surface area (Å²) < 4.78 is 16.2. The molecule has 26 heavy (non-hydrogen) atoms. The second-order valence-electron chi connectivity index (χ2n) is 5.99. The Kier molecular flexibility index (Phi) is 6.72. The maximum absolute atomic E-state index is 12.1. The van der Waals surface area contributed by atoms with Crippen molar-refractivity contribution in [3.05, 3.63) is 47.0 Å². The van der Waals surface area contributed by atoms with Crippen LogP contribution in [0.1, 0.15) is 16.7 Å². The number of anilines is 1.